The highest BCUT2D eigenvalue weighted by molar-refractivity contribution is 6.24. The third-order valence-electron chi connectivity index (χ3n) is 8.31. The lowest BCUT2D eigenvalue weighted by Crippen LogP contribution is -2.68. The number of hydrogen-bond donors (Lipinski definition) is 5. The van der Waals surface area contributed by atoms with Crippen molar-refractivity contribution in [3.05, 3.63) is 46.2 Å². The van der Waals surface area contributed by atoms with Gasteiger partial charge < -0.3 is 30.9 Å². The second kappa shape index (κ2) is 9.25. The molecule has 1 saturated carbocycles. The predicted octanol–water partition coefficient (Wildman–Crippen LogP) is -0.334. The lowest BCUT2D eigenvalue weighted by atomic mass is 9.57. The summed E-state index contributed by atoms with van der Waals surface area (Å²) < 4.78 is 5.14. The maximum atomic E-state index is 13.9. The lowest BCUT2D eigenvalue weighted by molar-refractivity contribution is -0.156. The molecule has 37 heavy (non-hydrogen) atoms. The molecule has 5 rings (SSSR count). The molecule has 1 aliphatic heterocycles. The number of carbonyl (C=O) groups is 3. The number of nitrogens with zero attached hydrogens (tertiary/aromatic N) is 2. The molecule has 1 heterocycles. The van der Waals surface area contributed by atoms with E-state index in [-0.39, 0.29) is 23.3 Å². The van der Waals surface area contributed by atoms with Gasteiger partial charge in [0.25, 0.3) is 5.91 Å². The van der Waals surface area contributed by atoms with Crippen molar-refractivity contribution in [2.75, 3.05) is 46.4 Å². The average Bonchev–Trinajstić information content (AvgIpc) is 2.85. The lowest BCUT2D eigenvalue weighted by Gasteiger charge is -2.52. The van der Waals surface area contributed by atoms with Gasteiger partial charge in [-0.2, -0.15) is 0 Å². The van der Waals surface area contributed by atoms with E-state index in [1.807, 2.05) is 4.90 Å². The quantitative estimate of drug-likeness (QED) is 0.328. The number of aromatic hydroxyl groups is 1. The van der Waals surface area contributed by atoms with Crippen molar-refractivity contribution in [3.8, 4) is 5.75 Å². The van der Waals surface area contributed by atoms with Gasteiger partial charge in [-0.25, -0.2) is 0 Å². The van der Waals surface area contributed by atoms with E-state index in [1.54, 1.807) is 19.2 Å². The van der Waals surface area contributed by atoms with Gasteiger partial charge in [-0.1, -0.05) is 12.1 Å². The van der Waals surface area contributed by atoms with Crippen LogP contribution in [0, 0.1) is 11.8 Å². The van der Waals surface area contributed by atoms with Gasteiger partial charge in [-0.15, -0.1) is 0 Å². The molecular weight excluding hydrogens is 482 g/mol. The summed E-state index contributed by atoms with van der Waals surface area (Å²) in [6.07, 6.45) is 0.382. The highest BCUT2D eigenvalue weighted by atomic mass is 16.5. The van der Waals surface area contributed by atoms with Crippen LogP contribution in [0.4, 0.5) is 0 Å². The van der Waals surface area contributed by atoms with Crippen molar-refractivity contribution in [2.45, 2.75) is 24.5 Å². The molecule has 0 aromatic heterocycles. The van der Waals surface area contributed by atoms with E-state index in [2.05, 4.69) is 4.90 Å². The topological polar surface area (TPSA) is 174 Å². The molecule has 2 fully saturated rings. The Kier molecular flexibility index (Phi) is 6.35. The summed E-state index contributed by atoms with van der Waals surface area (Å²) in [7, 11) is 1.62. The van der Waals surface area contributed by atoms with E-state index >= 15 is 0 Å². The third-order valence-corrected chi connectivity index (χ3v) is 8.31. The number of aliphatic hydroxyl groups is 3. The van der Waals surface area contributed by atoms with Crippen LogP contribution in [0.5, 0.6) is 5.75 Å². The minimum Gasteiger partial charge on any atom is -0.508 e. The molecule has 0 unspecified atom stereocenters. The number of fused-ring (bicyclic) bond motifs is 3. The number of Topliss-reactive ketones (excluding diaryl/α,β-unsaturated/α-hetero) is 2. The zero-order chi connectivity index (χ0) is 26.6. The molecule has 4 aliphatic rings. The molecule has 4 atom stereocenters. The number of phenols is 1. The van der Waals surface area contributed by atoms with Crippen LogP contribution in [-0.2, 0) is 25.5 Å². The van der Waals surface area contributed by atoms with Gasteiger partial charge in [0.05, 0.1) is 18.2 Å². The fraction of sp³-hybridized carbons (Fsp3) is 0.500. The molecule has 0 bridgehead atoms. The molecule has 1 aromatic carbocycles. The summed E-state index contributed by atoms with van der Waals surface area (Å²) in [5, 5.41) is 44.2. The number of nitrogens with two attached hydrogens (primary N) is 1. The molecule has 1 aromatic rings. The van der Waals surface area contributed by atoms with Gasteiger partial charge in [-0.05, 0) is 30.4 Å². The van der Waals surface area contributed by atoms with Crippen LogP contribution >= 0.6 is 0 Å². The van der Waals surface area contributed by atoms with E-state index in [1.165, 1.54) is 6.07 Å². The fourth-order valence-electron chi connectivity index (χ4n) is 6.49. The second-order valence-electron chi connectivity index (χ2n) is 10.2. The van der Waals surface area contributed by atoms with Gasteiger partial charge in [0.2, 0.25) is 5.78 Å². The minimum atomic E-state index is -2.63. The summed E-state index contributed by atoms with van der Waals surface area (Å²) in [6.45, 7) is 3.35. The van der Waals surface area contributed by atoms with Crippen LogP contribution in [-0.4, -0.2) is 106 Å². The molecule has 3 aliphatic carbocycles. The van der Waals surface area contributed by atoms with Crippen LogP contribution < -0.4 is 5.73 Å². The number of rotatable bonds is 5. The van der Waals surface area contributed by atoms with Crippen LogP contribution in [0.25, 0.3) is 5.76 Å². The number of aliphatic hydroxyl groups excluding tert-OH is 2. The highest BCUT2D eigenvalue weighted by Crippen LogP contribution is 2.52. The summed E-state index contributed by atoms with van der Waals surface area (Å²) in [5.74, 6) is -6.35. The largest absolute Gasteiger partial charge is 0.508 e. The number of primary amides is 1. The summed E-state index contributed by atoms with van der Waals surface area (Å²) >= 11 is 0. The normalized spacial score (nSPS) is 30.7. The van der Waals surface area contributed by atoms with Crippen molar-refractivity contribution >= 4 is 23.2 Å². The van der Waals surface area contributed by atoms with Crippen molar-refractivity contribution < 1.29 is 39.5 Å². The zero-order valence-electron chi connectivity index (χ0n) is 20.5. The number of benzene rings is 1. The summed E-state index contributed by atoms with van der Waals surface area (Å²) in [5.41, 5.74) is 2.62. The Balaban J connectivity index is 1.58. The maximum absolute atomic E-state index is 13.9. The maximum Gasteiger partial charge on any atom is 0.255 e. The molecule has 0 spiro atoms. The monoisotopic (exact) mass is 513 g/mol. The number of methoxy groups -OCH3 is 1. The van der Waals surface area contributed by atoms with Gasteiger partial charge in [0, 0.05) is 51.3 Å². The number of carbonyl (C=O) groups excluding carboxylic acids is 3. The van der Waals surface area contributed by atoms with Gasteiger partial charge in [-0.3, -0.25) is 24.2 Å². The van der Waals surface area contributed by atoms with Crippen molar-refractivity contribution in [3.63, 3.8) is 0 Å². The first-order valence-electron chi connectivity index (χ1n) is 12.4. The first-order valence-corrected chi connectivity index (χ1v) is 12.4. The molecule has 6 N–H and O–H groups in total. The Labute approximate surface area is 213 Å². The molecule has 1 amide bonds. The molecular formula is C26H31N3O8. The van der Waals surface area contributed by atoms with Gasteiger partial charge in [0.1, 0.15) is 22.8 Å². The Morgan fingerprint density at radius 1 is 1.16 bits per heavy atom. The van der Waals surface area contributed by atoms with E-state index in [0.717, 1.165) is 0 Å². The Bertz CT molecular complexity index is 1230. The Hall–Kier alpha value is -3.25. The Morgan fingerprint density at radius 2 is 1.86 bits per heavy atom. The van der Waals surface area contributed by atoms with Crippen LogP contribution in [0.1, 0.15) is 17.5 Å². The zero-order valence-corrected chi connectivity index (χ0v) is 20.5. The van der Waals surface area contributed by atoms with Gasteiger partial charge >= 0.3 is 0 Å². The number of phenolic OH excluding ortho intramolecular Hbond substituents is 1. The molecule has 0 radical (unpaired) electrons. The fourth-order valence-corrected chi connectivity index (χ4v) is 6.49. The summed E-state index contributed by atoms with van der Waals surface area (Å²) in [4.78, 5) is 43.8. The number of ketones is 2. The molecule has 11 heteroatoms. The number of ether oxygens (including phenoxy) is 1. The second-order valence-corrected chi connectivity index (χ2v) is 10.2. The highest BCUT2D eigenvalue weighted by Gasteiger charge is 2.64. The minimum absolute atomic E-state index is 0.0904. The van der Waals surface area contributed by atoms with E-state index in [9.17, 15) is 34.8 Å². The number of hydrogen-bond acceptors (Lipinski definition) is 10. The SMILES string of the molecule is COCCN1CCN([C@H]2C(=O)C(C(N)=O)=C(O)[C@@]3(O)C(=O)C4=C(O)c5c(O)cccc5C[C@H]4C[C@@H]23)CC1. The van der Waals surface area contributed by atoms with Crippen LogP contribution in [0.15, 0.2) is 35.1 Å². The Morgan fingerprint density at radius 3 is 2.51 bits per heavy atom. The first kappa shape index (κ1) is 25.4. The molecule has 11 nitrogen and oxygen atoms in total. The summed E-state index contributed by atoms with van der Waals surface area (Å²) in [6, 6.07) is 3.69. The first-order chi connectivity index (χ1) is 17.6. The number of amides is 1. The van der Waals surface area contributed by atoms with Crippen molar-refractivity contribution in [2.24, 2.45) is 17.6 Å². The van der Waals surface area contributed by atoms with Crippen LogP contribution in [0.2, 0.25) is 0 Å². The van der Waals surface area contributed by atoms with E-state index in [4.69, 9.17) is 10.5 Å². The molecule has 1 saturated heterocycles. The van der Waals surface area contributed by atoms with Crippen molar-refractivity contribution in [1.29, 1.82) is 0 Å². The average molecular weight is 514 g/mol. The smallest absolute Gasteiger partial charge is 0.255 e. The number of piperazine rings is 1. The van der Waals surface area contributed by atoms with Gasteiger partial charge in [0.15, 0.2) is 11.4 Å². The third kappa shape index (κ3) is 3.76. The van der Waals surface area contributed by atoms with Crippen molar-refractivity contribution in [1.82, 2.24) is 9.80 Å². The van der Waals surface area contributed by atoms with Crippen LogP contribution in [0.3, 0.4) is 0 Å². The predicted molar refractivity (Wildman–Crippen MR) is 130 cm³/mol. The van der Waals surface area contributed by atoms with E-state index < -0.39 is 58.0 Å². The standard InChI is InChI=1S/C26H31N3O8/c1-37-10-9-28-5-7-29(8-6-28)20-15-12-14-11-13-3-2-4-16(30)17(13)21(31)18(14)23(33)26(15,36)24(34)19(22(20)32)25(27)35/h2-4,14-15,20,30-31,34,36H,5-12H2,1H3,(H2,27,35)/t14-,15-,20+,26-/m0/s1. The van der Waals surface area contributed by atoms with E-state index in [0.29, 0.717) is 51.3 Å². The molecule has 198 valence electrons.